The van der Waals surface area contributed by atoms with E-state index in [1.54, 1.807) is 19.1 Å². The van der Waals surface area contributed by atoms with Crippen molar-refractivity contribution < 1.29 is 4.39 Å². The van der Waals surface area contributed by atoms with Crippen LogP contribution in [0.5, 0.6) is 0 Å². The average molecular weight is 166 g/mol. The van der Waals surface area contributed by atoms with E-state index < -0.39 is 0 Å². The maximum absolute atomic E-state index is 13.0. The summed E-state index contributed by atoms with van der Waals surface area (Å²) in [5.74, 6) is 0.0184. The summed E-state index contributed by atoms with van der Waals surface area (Å²) in [6, 6.07) is 4.74. The van der Waals surface area contributed by atoms with E-state index in [0.717, 1.165) is 5.56 Å². The number of amidine groups is 1. The first-order valence-corrected chi connectivity index (χ1v) is 3.66. The average Bonchev–Trinajstić information content (AvgIpc) is 1.96. The summed E-state index contributed by atoms with van der Waals surface area (Å²) < 4.78 is 13.0. The topological polar surface area (TPSA) is 38.4 Å². The van der Waals surface area contributed by atoms with Crippen molar-refractivity contribution in [1.29, 1.82) is 0 Å². The van der Waals surface area contributed by atoms with Crippen LogP contribution in [0.4, 0.5) is 10.1 Å². The van der Waals surface area contributed by atoms with Gasteiger partial charge in [0.1, 0.15) is 11.5 Å². The number of nitrogens with two attached hydrogens (primary N) is 1. The minimum Gasteiger partial charge on any atom is -0.387 e. The molecule has 0 fully saturated rings. The second-order valence-electron chi connectivity index (χ2n) is 2.71. The Morgan fingerprint density at radius 3 is 2.75 bits per heavy atom. The summed E-state index contributed by atoms with van der Waals surface area (Å²) >= 11 is 0. The van der Waals surface area contributed by atoms with Crippen LogP contribution in [0.2, 0.25) is 0 Å². The second kappa shape index (κ2) is 3.34. The molecule has 3 heteroatoms. The fourth-order valence-corrected chi connectivity index (χ4v) is 0.898. The lowest BCUT2D eigenvalue weighted by Gasteiger charge is -1.98. The standard InChI is InChI=1S/C9H11FN2/c1-6-3-4-8(10)9(5-6)12-7(2)11/h3-5H,1-2H3,(H2,11,12). The van der Waals surface area contributed by atoms with Crippen LogP contribution in [-0.2, 0) is 0 Å². The van der Waals surface area contributed by atoms with Crippen LogP contribution in [-0.4, -0.2) is 5.84 Å². The molecule has 1 aromatic rings. The van der Waals surface area contributed by atoms with Gasteiger partial charge in [0.05, 0.1) is 5.84 Å². The molecular formula is C9H11FN2. The molecule has 1 aromatic carbocycles. The van der Waals surface area contributed by atoms with E-state index in [0.29, 0.717) is 11.5 Å². The number of nitrogens with zero attached hydrogens (tertiary/aromatic N) is 1. The number of hydrogen-bond acceptors (Lipinski definition) is 1. The number of halogens is 1. The van der Waals surface area contributed by atoms with Crippen molar-refractivity contribution in [2.45, 2.75) is 13.8 Å². The van der Waals surface area contributed by atoms with E-state index in [2.05, 4.69) is 4.99 Å². The highest BCUT2D eigenvalue weighted by molar-refractivity contribution is 5.80. The summed E-state index contributed by atoms with van der Waals surface area (Å²) in [6.07, 6.45) is 0. The first kappa shape index (κ1) is 8.71. The molecule has 2 nitrogen and oxygen atoms in total. The van der Waals surface area contributed by atoms with Gasteiger partial charge >= 0.3 is 0 Å². The minimum absolute atomic E-state index is 0.301. The molecule has 0 heterocycles. The predicted octanol–water partition coefficient (Wildman–Crippen LogP) is 2.14. The van der Waals surface area contributed by atoms with Crippen LogP contribution < -0.4 is 5.73 Å². The lowest BCUT2D eigenvalue weighted by atomic mass is 10.2. The van der Waals surface area contributed by atoms with Gasteiger partial charge in [0.15, 0.2) is 0 Å². The predicted molar refractivity (Wildman–Crippen MR) is 48.1 cm³/mol. The fourth-order valence-electron chi connectivity index (χ4n) is 0.898. The summed E-state index contributed by atoms with van der Waals surface area (Å²) in [5, 5.41) is 0. The summed E-state index contributed by atoms with van der Waals surface area (Å²) in [7, 11) is 0. The van der Waals surface area contributed by atoms with Crippen LogP contribution in [0.1, 0.15) is 12.5 Å². The number of aliphatic imine (C=N–C) groups is 1. The molecule has 64 valence electrons. The Morgan fingerprint density at radius 1 is 1.50 bits per heavy atom. The maximum atomic E-state index is 13.0. The van der Waals surface area contributed by atoms with E-state index in [1.807, 2.05) is 6.92 Å². The molecule has 0 spiro atoms. The third-order valence-corrected chi connectivity index (χ3v) is 1.40. The van der Waals surface area contributed by atoms with Gasteiger partial charge in [0.25, 0.3) is 0 Å². The molecule has 0 radical (unpaired) electrons. The Kier molecular flexibility index (Phi) is 2.43. The van der Waals surface area contributed by atoms with Gasteiger partial charge in [0, 0.05) is 0 Å². The normalized spacial score (nSPS) is 11.8. The maximum Gasteiger partial charge on any atom is 0.148 e. The zero-order valence-electron chi connectivity index (χ0n) is 7.13. The molecule has 1 rings (SSSR count). The Bertz CT molecular complexity index is 314. The van der Waals surface area contributed by atoms with E-state index in [4.69, 9.17) is 5.73 Å². The SMILES string of the molecule is CC(N)=Nc1cc(C)ccc1F. The van der Waals surface area contributed by atoms with Gasteiger partial charge in [0.2, 0.25) is 0 Å². The Hall–Kier alpha value is -1.38. The molecule has 0 aromatic heterocycles. The van der Waals surface area contributed by atoms with Gasteiger partial charge in [-0.1, -0.05) is 6.07 Å². The van der Waals surface area contributed by atoms with Crippen LogP contribution in [0.15, 0.2) is 23.2 Å². The molecular weight excluding hydrogens is 155 g/mol. The van der Waals surface area contributed by atoms with Gasteiger partial charge in [-0.05, 0) is 31.5 Å². The number of aryl methyl sites for hydroxylation is 1. The Morgan fingerprint density at radius 2 is 2.17 bits per heavy atom. The first-order chi connectivity index (χ1) is 5.59. The van der Waals surface area contributed by atoms with Crippen molar-refractivity contribution in [3.63, 3.8) is 0 Å². The van der Waals surface area contributed by atoms with Crippen molar-refractivity contribution >= 4 is 11.5 Å². The summed E-state index contributed by atoms with van der Waals surface area (Å²) in [5.41, 5.74) is 6.60. The number of hydrogen-bond donors (Lipinski definition) is 1. The number of benzene rings is 1. The molecule has 0 saturated carbocycles. The van der Waals surface area contributed by atoms with Gasteiger partial charge in [-0.25, -0.2) is 9.38 Å². The highest BCUT2D eigenvalue weighted by atomic mass is 19.1. The molecule has 0 saturated heterocycles. The summed E-state index contributed by atoms with van der Waals surface area (Å²) in [4.78, 5) is 3.84. The molecule has 0 unspecified atom stereocenters. The van der Waals surface area contributed by atoms with Crippen LogP contribution in [0.3, 0.4) is 0 Å². The largest absolute Gasteiger partial charge is 0.387 e. The molecule has 0 aliphatic carbocycles. The molecule has 0 bridgehead atoms. The zero-order valence-corrected chi connectivity index (χ0v) is 7.13. The quantitative estimate of drug-likeness (QED) is 0.503. The lowest BCUT2D eigenvalue weighted by Crippen LogP contribution is -2.04. The molecule has 0 amide bonds. The van der Waals surface area contributed by atoms with Crippen molar-refractivity contribution in [2.24, 2.45) is 10.7 Å². The smallest absolute Gasteiger partial charge is 0.148 e. The summed E-state index contributed by atoms with van der Waals surface area (Å²) in [6.45, 7) is 3.51. The Balaban J connectivity index is 3.14. The highest BCUT2D eigenvalue weighted by Crippen LogP contribution is 2.18. The van der Waals surface area contributed by atoms with E-state index in [1.165, 1.54) is 6.07 Å². The lowest BCUT2D eigenvalue weighted by molar-refractivity contribution is 0.629. The van der Waals surface area contributed by atoms with Gasteiger partial charge in [-0.3, -0.25) is 0 Å². The van der Waals surface area contributed by atoms with Gasteiger partial charge in [-0.2, -0.15) is 0 Å². The van der Waals surface area contributed by atoms with Gasteiger partial charge < -0.3 is 5.73 Å². The van der Waals surface area contributed by atoms with Crippen molar-refractivity contribution in [1.82, 2.24) is 0 Å². The second-order valence-corrected chi connectivity index (χ2v) is 2.71. The molecule has 2 N–H and O–H groups in total. The van der Waals surface area contributed by atoms with Crippen LogP contribution in [0.25, 0.3) is 0 Å². The van der Waals surface area contributed by atoms with E-state index >= 15 is 0 Å². The third-order valence-electron chi connectivity index (χ3n) is 1.40. The highest BCUT2D eigenvalue weighted by Gasteiger charge is 1.99. The Labute approximate surface area is 70.9 Å². The third kappa shape index (κ3) is 2.05. The minimum atomic E-state index is -0.342. The van der Waals surface area contributed by atoms with Crippen molar-refractivity contribution in [2.75, 3.05) is 0 Å². The van der Waals surface area contributed by atoms with E-state index in [9.17, 15) is 4.39 Å². The molecule has 0 aliphatic heterocycles. The van der Waals surface area contributed by atoms with Crippen LogP contribution in [0, 0.1) is 12.7 Å². The van der Waals surface area contributed by atoms with Crippen LogP contribution >= 0.6 is 0 Å². The van der Waals surface area contributed by atoms with Gasteiger partial charge in [-0.15, -0.1) is 0 Å². The number of rotatable bonds is 1. The molecule has 12 heavy (non-hydrogen) atoms. The monoisotopic (exact) mass is 166 g/mol. The van der Waals surface area contributed by atoms with Crippen molar-refractivity contribution in [3.8, 4) is 0 Å². The molecule has 0 atom stereocenters. The fraction of sp³-hybridized carbons (Fsp3) is 0.222. The molecule has 0 aliphatic rings. The zero-order chi connectivity index (χ0) is 9.14. The first-order valence-electron chi connectivity index (χ1n) is 3.66. The van der Waals surface area contributed by atoms with E-state index in [-0.39, 0.29) is 5.82 Å². The van der Waals surface area contributed by atoms with Crippen molar-refractivity contribution in [3.05, 3.63) is 29.6 Å².